The van der Waals surface area contributed by atoms with Crippen LogP contribution in [0.25, 0.3) is 21.9 Å². The van der Waals surface area contributed by atoms with Crippen molar-refractivity contribution in [2.75, 3.05) is 26.1 Å². The van der Waals surface area contributed by atoms with E-state index in [2.05, 4.69) is 20.0 Å². The lowest BCUT2D eigenvalue weighted by Gasteiger charge is -2.28. The summed E-state index contributed by atoms with van der Waals surface area (Å²) in [5.41, 5.74) is 4.55. The highest BCUT2D eigenvalue weighted by atomic mass is 127. The molecule has 1 fully saturated rings. The molecule has 2 aromatic heterocycles. The van der Waals surface area contributed by atoms with Crippen molar-refractivity contribution >= 4 is 64.2 Å². The topological polar surface area (TPSA) is 202 Å². The van der Waals surface area contributed by atoms with Gasteiger partial charge in [0.1, 0.15) is 29.6 Å². The Morgan fingerprint density at radius 1 is 1.10 bits per heavy atom. The zero-order valence-corrected chi connectivity index (χ0v) is 32.1. The summed E-state index contributed by atoms with van der Waals surface area (Å²) in [6, 6.07) is 19.9. The molecule has 1 aliphatic heterocycles. The van der Waals surface area contributed by atoms with E-state index in [1.165, 1.54) is 18.6 Å². The van der Waals surface area contributed by atoms with Crippen LogP contribution >= 0.6 is 30.3 Å². The second kappa shape index (κ2) is 14.9. The molecule has 2 unspecified atom stereocenters. The summed E-state index contributed by atoms with van der Waals surface area (Å²) in [7, 11) is -3.14. The monoisotopic (exact) mass is 846 g/mol. The molecule has 3 aromatic carbocycles. The van der Waals surface area contributed by atoms with E-state index < -0.39 is 50.4 Å². The normalized spacial score (nSPS) is 22.3. The first-order valence-corrected chi connectivity index (χ1v) is 18.9. The highest BCUT2D eigenvalue weighted by Gasteiger charge is 2.55. The number of esters is 1. The predicted octanol–water partition coefficient (Wildman–Crippen LogP) is 5.31. The van der Waals surface area contributed by atoms with E-state index in [4.69, 9.17) is 29.0 Å². The molecule has 6 atom stereocenters. The lowest BCUT2D eigenvalue weighted by Crippen LogP contribution is -2.44. The number of halogens is 1. The number of aliphatic hydroxyl groups is 2. The molecule has 1 aliphatic rings. The number of fused-ring (bicyclic) bond motifs is 2. The zero-order valence-electron chi connectivity index (χ0n) is 29.1. The van der Waals surface area contributed by atoms with Crippen LogP contribution in [0.15, 0.2) is 72.8 Å². The molecule has 276 valence electrons. The van der Waals surface area contributed by atoms with E-state index in [9.17, 15) is 19.6 Å². The van der Waals surface area contributed by atoms with Gasteiger partial charge in [-0.05, 0) is 29.4 Å². The SMILES string of the molecule is COc1nc(N)nc2c1nc(I)n2C1O[C@H](COP(=O)(N[C@@H](C(=O)OCC(C)(C)C)c2ccccc2)Oc2cccc3ccccc23)[C@@H](O)[C@@]1(C)O. The third-order valence-electron chi connectivity index (χ3n) is 8.34. The minimum absolute atomic E-state index is 0.0922. The fraction of sp³-hybridized carbons (Fsp3) is 0.371. The first kappa shape index (κ1) is 37.8. The van der Waals surface area contributed by atoms with Crippen molar-refractivity contribution in [3.05, 3.63) is 82.2 Å². The van der Waals surface area contributed by atoms with E-state index in [0.29, 0.717) is 14.8 Å². The number of nitrogens with two attached hydrogens (primary N) is 1. The van der Waals surface area contributed by atoms with Gasteiger partial charge in [0.05, 0.1) is 20.3 Å². The second-order valence-electron chi connectivity index (χ2n) is 13.7. The Kier molecular flexibility index (Phi) is 10.8. The molecule has 1 saturated heterocycles. The first-order valence-electron chi connectivity index (χ1n) is 16.3. The van der Waals surface area contributed by atoms with Crippen molar-refractivity contribution in [2.24, 2.45) is 5.41 Å². The largest absolute Gasteiger partial charge is 0.479 e. The van der Waals surface area contributed by atoms with Gasteiger partial charge in [-0.2, -0.15) is 15.1 Å². The quantitative estimate of drug-likeness (QED) is 0.0545. The van der Waals surface area contributed by atoms with Crippen LogP contribution < -0.4 is 20.1 Å². The van der Waals surface area contributed by atoms with Crippen LogP contribution in [0.1, 0.15) is 45.5 Å². The van der Waals surface area contributed by atoms with E-state index in [1.54, 1.807) is 48.5 Å². The standard InChI is InChI=1S/C35H40IN6O9P/c1-34(2,3)19-48-30(44)25(21-13-7-6-8-14-21)41-52(46,51-23-17-11-15-20-12-9-10-16-22(20)23)49-18-24-27(43)35(4,45)31(50-24)42-28-26(38-32(42)36)29(47-5)40-33(37)39-28/h6-17,24-25,27,31,43,45H,18-19H2,1-5H3,(H,41,46)(H2,37,39,40)/t24-,25-,27-,31?,35-,52?/m1/s1. The van der Waals surface area contributed by atoms with E-state index in [0.717, 1.165) is 5.39 Å². The number of imidazole rings is 1. The third-order valence-corrected chi connectivity index (χ3v) is 10.6. The zero-order chi connectivity index (χ0) is 37.4. The molecule has 5 N–H and O–H groups in total. The number of benzene rings is 3. The Bertz CT molecular complexity index is 2120. The Balaban J connectivity index is 1.34. The van der Waals surface area contributed by atoms with Crippen molar-refractivity contribution in [3.8, 4) is 11.6 Å². The number of aliphatic hydroxyl groups excluding tert-OH is 1. The van der Waals surface area contributed by atoms with Crippen molar-refractivity contribution < 1.29 is 42.8 Å². The van der Waals surface area contributed by atoms with Gasteiger partial charge < -0.3 is 34.7 Å². The first-order chi connectivity index (χ1) is 24.6. The van der Waals surface area contributed by atoms with Crippen LogP contribution in [0.4, 0.5) is 5.95 Å². The van der Waals surface area contributed by atoms with Gasteiger partial charge >= 0.3 is 13.7 Å². The van der Waals surface area contributed by atoms with Crippen LogP contribution in [0, 0.1) is 9.25 Å². The highest BCUT2D eigenvalue weighted by molar-refractivity contribution is 14.1. The van der Waals surface area contributed by atoms with E-state index >= 15 is 0 Å². The molecule has 0 amide bonds. The average molecular weight is 847 g/mol. The number of nitrogens with zero attached hydrogens (tertiary/aromatic N) is 4. The van der Waals surface area contributed by atoms with Crippen LogP contribution in [0.5, 0.6) is 11.6 Å². The molecule has 0 radical (unpaired) electrons. The lowest BCUT2D eigenvalue weighted by molar-refractivity contribution is -0.148. The molecule has 6 rings (SSSR count). The minimum atomic E-state index is -4.55. The molecule has 3 heterocycles. The van der Waals surface area contributed by atoms with E-state index in [1.807, 2.05) is 67.6 Å². The summed E-state index contributed by atoms with van der Waals surface area (Å²) < 4.78 is 46.2. The number of nitrogens with one attached hydrogen (secondary N) is 1. The molecule has 0 bridgehead atoms. The Morgan fingerprint density at radius 2 is 1.79 bits per heavy atom. The number of ether oxygens (including phenoxy) is 3. The number of hydrogen-bond acceptors (Lipinski definition) is 13. The number of anilines is 1. The van der Waals surface area contributed by atoms with Crippen molar-refractivity contribution in [3.63, 3.8) is 0 Å². The third kappa shape index (κ3) is 7.88. The number of carbonyl (C=O) groups is 1. The second-order valence-corrected chi connectivity index (χ2v) is 16.4. The molecular formula is C35H40IN6O9P. The molecular weight excluding hydrogens is 806 g/mol. The Morgan fingerprint density at radius 3 is 2.50 bits per heavy atom. The molecule has 0 saturated carbocycles. The maximum atomic E-state index is 15.0. The fourth-order valence-electron chi connectivity index (χ4n) is 5.75. The van der Waals surface area contributed by atoms with Gasteiger partial charge in [-0.15, -0.1) is 0 Å². The summed E-state index contributed by atoms with van der Waals surface area (Å²) in [5.74, 6) is -0.479. The predicted molar refractivity (Wildman–Crippen MR) is 200 cm³/mol. The van der Waals surface area contributed by atoms with Crippen LogP contribution in [0.3, 0.4) is 0 Å². The van der Waals surface area contributed by atoms with Gasteiger partial charge in [-0.25, -0.2) is 14.3 Å². The maximum absolute atomic E-state index is 15.0. The maximum Gasteiger partial charge on any atom is 0.459 e. The van der Waals surface area contributed by atoms with E-state index in [-0.39, 0.29) is 40.8 Å². The summed E-state index contributed by atoms with van der Waals surface area (Å²) in [6.07, 6.45) is -4.09. The fourth-order valence-corrected chi connectivity index (χ4v) is 7.98. The van der Waals surface area contributed by atoms with Gasteiger partial charge in [-0.3, -0.25) is 9.09 Å². The van der Waals surface area contributed by atoms with Crippen LogP contribution in [-0.4, -0.2) is 73.8 Å². The van der Waals surface area contributed by atoms with Gasteiger partial charge in [0.15, 0.2) is 21.2 Å². The molecule has 0 aliphatic carbocycles. The highest BCUT2D eigenvalue weighted by Crippen LogP contribution is 2.50. The molecule has 5 aromatic rings. The summed E-state index contributed by atoms with van der Waals surface area (Å²) in [6.45, 7) is 6.69. The number of aromatic nitrogens is 4. The van der Waals surface area contributed by atoms with Gasteiger partial charge in [-0.1, -0.05) is 87.5 Å². The number of methoxy groups -OCH3 is 1. The summed E-state index contributed by atoms with van der Waals surface area (Å²) in [5, 5.41) is 27.4. The molecule has 52 heavy (non-hydrogen) atoms. The number of nitrogen functional groups attached to an aromatic ring is 1. The van der Waals surface area contributed by atoms with Crippen molar-refractivity contribution in [1.29, 1.82) is 0 Å². The average Bonchev–Trinajstić information content (AvgIpc) is 3.55. The van der Waals surface area contributed by atoms with Crippen molar-refractivity contribution in [1.82, 2.24) is 24.6 Å². The Labute approximate surface area is 313 Å². The molecule has 17 heteroatoms. The number of rotatable bonds is 12. The summed E-state index contributed by atoms with van der Waals surface area (Å²) in [4.78, 5) is 26.5. The number of carbonyl (C=O) groups excluding carboxylic acids is 1. The Hall–Kier alpha value is -3.90. The van der Waals surface area contributed by atoms with Gasteiger partial charge in [0.25, 0.3) is 0 Å². The van der Waals surface area contributed by atoms with Crippen molar-refractivity contribution in [2.45, 2.75) is 57.8 Å². The molecule has 15 nitrogen and oxygen atoms in total. The summed E-state index contributed by atoms with van der Waals surface area (Å²) >= 11 is 1.93. The number of hydrogen-bond donors (Lipinski definition) is 4. The smallest absolute Gasteiger partial charge is 0.459 e. The van der Waals surface area contributed by atoms with Gasteiger partial charge in [0, 0.05) is 28.0 Å². The van der Waals surface area contributed by atoms with Gasteiger partial charge in [0.2, 0.25) is 11.8 Å². The minimum Gasteiger partial charge on any atom is -0.479 e. The van der Waals surface area contributed by atoms with Crippen LogP contribution in [-0.2, 0) is 23.4 Å². The van der Waals surface area contributed by atoms with Crippen LogP contribution in [0.2, 0.25) is 0 Å². The molecule has 0 spiro atoms. The lowest BCUT2D eigenvalue weighted by atomic mass is 9.96.